The molecule has 1 unspecified atom stereocenters. The van der Waals surface area contributed by atoms with Gasteiger partial charge in [0.15, 0.2) is 0 Å². The van der Waals surface area contributed by atoms with Crippen molar-refractivity contribution in [2.45, 2.75) is 104 Å². The summed E-state index contributed by atoms with van der Waals surface area (Å²) in [5, 5.41) is 0. The lowest BCUT2D eigenvalue weighted by atomic mass is 9.64. The predicted molar refractivity (Wildman–Crippen MR) is 131 cm³/mol. The first-order chi connectivity index (χ1) is 14.7. The van der Waals surface area contributed by atoms with E-state index in [4.69, 9.17) is 18.6 Å². The van der Waals surface area contributed by atoms with E-state index in [-0.39, 0.29) is 5.92 Å². The smallest absolute Gasteiger partial charge is 0.400 e. The molecule has 172 valence electrons. The lowest BCUT2D eigenvalue weighted by Crippen LogP contribution is -2.41. The summed E-state index contributed by atoms with van der Waals surface area (Å²) in [6, 6.07) is 10.7. The van der Waals surface area contributed by atoms with Crippen LogP contribution in [0.5, 0.6) is 0 Å². The summed E-state index contributed by atoms with van der Waals surface area (Å²) in [4.78, 5) is 0. The highest BCUT2D eigenvalue weighted by molar-refractivity contribution is 6.64. The van der Waals surface area contributed by atoms with Crippen molar-refractivity contribution in [1.29, 1.82) is 0 Å². The Morgan fingerprint density at radius 1 is 0.719 bits per heavy atom. The lowest BCUT2D eigenvalue weighted by Gasteiger charge is -2.32. The molecule has 4 rings (SSSR count). The first-order valence-corrected chi connectivity index (χ1v) is 11.8. The van der Waals surface area contributed by atoms with E-state index in [1.807, 2.05) is 0 Å². The van der Waals surface area contributed by atoms with Crippen LogP contribution in [0.3, 0.4) is 0 Å². The Bertz CT molecular complexity index is 923. The first kappa shape index (κ1) is 23.8. The number of allylic oxidation sites excluding steroid dienone is 4. The highest BCUT2D eigenvalue weighted by atomic mass is 16.7. The molecule has 0 amide bonds. The van der Waals surface area contributed by atoms with Crippen molar-refractivity contribution in [3.63, 3.8) is 0 Å². The van der Waals surface area contributed by atoms with Gasteiger partial charge in [-0.3, -0.25) is 0 Å². The molecule has 4 nitrogen and oxygen atoms in total. The summed E-state index contributed by atoms with van der Waals surface area (Å²) in [5.41, 5.74) is 4.48. The third-order valence-corrected chi connectivity index (χ3v) is 8.18. The third-order valence-electron chi connectivity index (χ3n) is 8.18. The maximum absolute atomic E-state index is 6.58. The van der Waals surface area contributed by atoms with Crippen molar-refractivity contribution in [2.75, 3.05) is 0 Å². The number of rotatable bonds is 3. The van der Waals surface area contributed by atoms with E-state index in [9.17, 15) is 0 Å². The summed E-state index contributed by atoms with van der Waals surface area (Å²) >= 11 is 0. The zero-order valence-electron chi connectivity index (χ0n) is 21.5. The zero-order chi connectivity index (χ0) is 23.7. The zero-order valence-corrected chi connectivity index (χ0v) is 21.5. The van der Waals surface area contributed by atoms with E-state index in [2.05, 4.69) is 99.6 Å². The average Bonchev–Trinajstić information content (AvgIpc) is 3.23. The van der Waals surface area contributed by atoms with Crippen LogP contribution in [0.1, 0.15) is 87.1 Å². The maximum Gasteiger partial charge on any atom is 0.494 e. The summed E-state index contributed by atoms with van der Waals surface area (Å²) in [6.07, 6.45) is 0.834. The SMILES string of the molecule is CC(C)=C1C(B2OC(C)(C)C(C)(C)O2)=C(B2OC(C)(C)C(C)(C)O2)CC1c1ccccc1. The van der Waals surface area contributed by atoms with Gasteiger partial charge in [-0.25, -0.2) is 0 Å². The van der Waals surface area contributed by atoms with Gasteiger partial charge < -0.3 is 18.6 Å². The van der Waals surface area contributed by atoms with Crippen LogP contribution in [0.2, 0.25) is 0 Å². The Hall–Kier alpha value is -1.33. The normalized spacial score (nSPS) is 28.1. The van der Waals surface area contributed by atoms with Gasteiger partial charge in [0, 0.05) is 5.92 Å². The fraction of sp³-hybridized carbons (Fsp3) is 0.615. The van der Waals surface area contributed by atoms with Gasteiger partial charge in [-0.15, -0.1) is 0 Å². The maximum atomic E-state index is 6.58. The van der Waals surface area contributed by atoms with Crippen molar-refractivity contribution in [3.05, 3.63) is 58.0 Å². The van der Waals surface area contributed by atoms with E-state index < -0.39 is 36.6 Å². The molecule has 6 heteroatoms. The second-order valence-electron chi connectivity index (χ2n) is 11.7. The molecule has 0 bridgehead atoms. The summed E-state index contributed by atoms with van der Waals surface area (Å²) in [5.74, 6) is 0.226. The highest BCUT2D eigenvalue weighted by Gasteiger charge is 2.59. The molecule has 2 heterocycles. The number of hydrogen-bond acceptors (Lipinski definition) is 4. The minimum atomic E-state index is -0.451. The molecule has 3 aliphatic rings. The average molecular weight is 436 g/mol. The van der Waals surface area contributed by atoms with Gasteiger partial charge in [-0.2, -0.15) is 0 Å². The Morgan fingerprint density at radius 3 is 1.59 bits per heavy atom. The van der Waals surface area contributed by atoms with Crippen molar-refractivity contribution in [2.24, 2.45) is 0 Å². The molecular formula is C26H38B2O4. The molecule has 32 heavy (non-hydrogen) atoms. The molecule has 1 aromatic rings. The van der Waals surface area contributed by atoms with Gasteiger partial charge in [-0.05, 0) is 97.7 Å². The van der Waals surface area contributed by atoms with E-state index in [1.165, 1.54) is 16.7 Å². The summed E-state index contributed by atoms with van der Waals surface area (Å²) in [7, 11) is -0.871. The van der Waals surface area contributed by atoms with Crippen molar-refractivity contribution >= 4 is 14.2 Å². The summed E-state index contributed by atoms with van der Waals surface area (Å²) in [6.45, 7) is 21.2. The molecule has 2 aliphatic heterocycles. The van der Waals surface area contributed by atoms with Gasteiger partial charge in [-0.1, -0.05) is 35.9 Å². The van der Waals surface area contributed by atoms with Crippen LogP contribution in [0, 0.1) is 0 Å². The molecule has 2 fully saturated rings. The monoisotopic (exact) mass is 436 g/mol. The van der Waals surface area contributed by atoms with E-state index in [0.29, 0.717) is 0 Å². The van der Waals surface area contributed by atoms with Crippen LogP contribution in [-0.4, -0.2) is 36.6 Å². The van der Waals surface area contributed by atoms with Gasteiger partial charge in [0.1, 0.15) is 0 Å². The van der Waals surface area contributed by atoms with Crippen LogP contribution < -0.4 is 0 Å². The molecule has 1 atom stereocenters. The lowest BCUT2D eigenvalue weighted by molar-refractivity contribution is 0.00578. The van der Waals surface area contributed by atoms with Gasteiger partial charge in [0.05, 0.1) is 22.4 Å². The largest absolute Gasteiger partial charge is 0.494 e. The fourth-order valence-corrected chi connectivity index (χ4v) is 4.83. The van der Waals surface area contributed by atoms with Crippen LogP contribution in [-0.2, 0) is 18.6 Å². The van der Waals surface area contributed by atoms with Crippen LogP contribution in [0.15, 0.2) is 52.4 Å². The molecule has 0 radical (unpaired) electrons. The Balaban J connectivity index is 1.84. The predicted octanol–water partition coefficient (Wildman–Crippen LogP) is 6.07. The quantitative estimate of drug-likeness (QED) is 0.539. The molecule has 0 aromatic heterocycles. The molecular weight excluding hydrogens is 398 g/mol. The second kappa shape index (κ2) is 7.59. The van der Waals surface area contributed by atoms with E-state index in [1.54, 1.807) is 0 Å². The second-order valence-corrected chi connectivity index (χ2v) is 11.7. The molecule has 1 aliphatic carbocycles. The van der Waals surface area contributed by atoms with Crippen molar-refractivity contribution in [3.8, 4) is 0 Å². The number of benzene rings is 1. The Morgan fingerprint density at radius 2 is 1.16 bits per heavy atom. The van der Waals surface area contributed by atoms with Crippen LogP contribution >= 0.6 is 0 Å². The van der Waals surface area contributed by atoms with E-state index in [0.717, 1.165) is 17.4 Å². The number of hydrogen-bond donors (Lipinski definition) is 0. The molecule has 0 spiro atoms. The molecule has 1 aromatic carbocycles. The molecule has 0 N–H and O–H groups in total. The molecule has 2 saturated heterocycles. The first-order valence-electron chi connectivity index (χ1n) is 11.8. The third kappa shape index (κ3) is 3.73. The van der Waals surface area contributed by atoms with Gasteiger partial charge in [0.2, 0.25) is 0 Å². The minimum Gasteiger partial charge on any atom is -0.400 e. The standard InChI is InChI=1S/C26H38B2O4/c1-17(2)21-19(18-14-12-11-13-15-18)16-20(27-29-23(3,4)24(5,6)30-27)22(21)28-31-25(7,8)26(9,10)32-28/h11-15,19H,16H2,1-10H3. The van der Waals surface area contributed by atoms with Crippen molar-refractivity contribution in [1.82, 2.24) is 0 Å². The molecule has 0 saturated carbocycles. The summed E-state index contributed by atoms with van der Waals surface area (Å²) < 4.78 is 26.2. The van der Waals surface area contributed by atoms with E-state index >= 15 is 0 Å². The van der Waals surface area contributed by atoms with Crippen LogP contribution in [0.25, 0.3) is 0 Å². The minimum absolute atomic E-state index is 0.226. The Kier molecular flexibility index (Phi) is 5.65. The highest BCUT2D eigenvalue weighted by Crippen LogP contribution is 2.52. The fourth-order valence-electron chi connectivity index (χ4n) is 4.83. The van der Waals surface area contributed by atoms with Crippen LogP contribution in [0.4, 0.5) is 0 Å². The topological polar surface area (TPSA) is 36.9 Å². The van der Waals surface area contributed by atoms with Gasteiger partial charge in [0.25, 0.3) is 0 Å². The van der Waals surface area contributed by atoms with Gasteiger partial charge >= 0.3 is 14.2 Å². The van der Waals surface area contributed by atoms with Crippen molar-refractivity contribution < 1.29 is 18.6 Å². The Labute approximate surface area is 195 Å².